The van der Waals surface area contributed by atoms with E-state index in [9.17, 15) is 9.18 Å². The van der Waals surface area contributed by atoms with Gasteiger partial charge in [-0.15, -0.1) is 0 Å². The highest BCUT2D eigenvalue weighted by Gasteiger charge is 2.18. The van der Waals surface area contributed by atoms with E-state index in [-0.39, 0.29) is 29.7 Å². The largest absolute Gasteiger partial charge is 0.488 e. The van der Waals surface area contributed by atoms with E-state index in [0.717, 1.165) is 31.4 Å². The van der Waals surface area contributed by atoms with Crippen LogP contribution in [0.3, 0.4) is 0 Å². The first kappa shape index (κ1) is 13.6. The van der Waals surface area contributed by atoms with E-state index >= 15 is 0 Å². The molecule has 0 aliphatic carbocycles. The fourth-order valence-electron chi connectivity index (χ4n) is 1.99. The van der Waals surface area contributed by atoms with Crippen molar-refractivity contribution in [1.29, 1.82) is 0 Å². The summed E-state index contributed by atoms with van der Waals surface area (Å²) in [5, 5.41) is 8.92. The lowest BCUT2D eigenvalue weighted by Gasteiger charge is -2.22. The number of ether oxygens (including phenoxy) is 2. The Kier molecular flexibility index (Phi) is 4.21. The molecule has 1 atom stereocenters. The number of hydrogen-bond acceptors (Lipinski definition) is 4. The second kappa shape index (κ2) is 5.88. The predicted octanol–water partition coefficient (Wildman–Crippen LogP) is 2.05. The van der Waals surface area contributed by atoms with Crippen LogP contribution in [0.1, 0.15) is 29.6 Å². The summed E-state index contributed by atoms with van der Waals surface area (Å²) < 4.78 is 24.4. The molecule has 104 valence electrons. The fourth-order valence-corrected chi connectivity index (χ4v) is 1.99. The summed E-state index contributed by atoms with van der Waals surface area (Å²) in [6, 6.07) is 2.07. The number of rotatable bonds is 4. The minimum atomic E-state index is -1.21. The Morgan fingerprint density at radius 1 is 1.53 bits per heavy atom. The number of halogens is 1. The normalized spacial score (nSPS) is 19.1. The lowest BCUT2D eigenvalue weighted by Crippen LogP contribution is -2.26. The monoisotopic (exact) mass is 269 g/mol. The van der Waals surface area contributed by atoms with E-state index in [1.165, 1.54) is 0 Å². The second-order valence-corrected chi connectivity index (χ2v) is 4.47. The third-order valence-electron chi connectivity index (χ3n) is 3.03. The van der Waals surface area contributed by atoms with Crippen molar-refractivity contribution in [2.45, 2.75) is 25.4 Å². The Labute approximate surface area is 110 Å². The summed E-state index contributed by atoms with van der Waals surface area (Å²) in [6.07, 6.45) is 2.87. The van der Waals surface area contributed by atoms with Crippen molar-refractivity contribution in [3.8, 4) is 5.75 Å². The standard InChI is InChI=1S/C13H16FNO4/c14-10-6-11(15)9(13(16)17)5-12(10)19-7-8-3-1-2-4-18-8/h5-6,8H,1-4,7,15H2,(H,16,17). The van der Waals surface area contributed by atoms with Crippen LogP contribution in [0.15, 0.2) is 12.1 Å². The first-order valence-electron chi connectivity index (χ1n) is 6.14. The van der Waals surface area contributed by atoms with Crippen LogP contribution in [0.2, 0.25) is 0 Å². The molecule has 19 heavy (non-hydrogen) atoms. The van der Waals surface area contributed by atoms with Crippen molar-refractivity contribution < 1.29 is 23.8 Å². The van der Waals surface area contributed by atoms with Crippen molar-refractivity contribution in [3.63, 3.8) is 0 Å². The molecule has 1 aromatic rings. The SMILES string of the molecule is Nc1cc(F)c(OCC2CCCCO2)cc1C(=O)O. The average Bonchev–Trinajstić information content (AvgIpc) is 2.38. The summed E-state index contributed by atoms with van der Waals surface area (Å²) in [6.45, 7) is 0.887. The number of carbonyl (C=O) groups is 1. The zero-order valence-corrected chi connectivity index (χ0v) is 10.4. The van der Waals surface area contributed by atoms with Crippen molar-refractivity contribution in [2.24, 2.45) is 0 Å². The van der Waals surface area contributed by atoms with Crippen LogP contribution >= 0.6 is 0 Å². The maximum Gasteiger partial charge on any atom is 0.337 e. The zero-order chi connectivity index (χ0) is 13.8. The quantitative estimate of drug-likeness (QED) is 0.817. The molecular weight excluding hydrogens is 253 g/mol. The van der Waals surface area contributed by atoms with Gasteiger partial charge in [0.1, 0.15) is 6.61 Å². The number of carboxylic acids is 1. The van der Waals surface area contributed by atoms with Crippen molar-refractivity contribution >= 4 is 11.7 Å². The van der Waals surface area contributed by atoms with E-state index in [2.05, 4.69) is 0 Å². The lowest BCUT2D eigenvalue weighted by molar-refractivity contribution is -0.0117. The van der Waals surface area contributed by atoms with Gasteiger partial charge in [-0.25, -0.2) is 9.18 Å². The van der Waals surface area contributed by atoms with Crippen LogP contribution in [-0.4, -0.2) is 30.4 Å². The molecule has 0 aromatic heterocycles. The molecule has 0 amide bonds. The summed E-state index contributed by atoms with van der Waals surface area (Å²) >= 11 is 0. The fraction of sp³-hybridized carbons (Fsp3) is 0.462. The van der Waals surface area contributed by atoms with Gasteiger partial charge in [-0.1, -0.05) is 0 Å². The van der Waals surface area contributed by atoms with E-state index in [1.807, 2.05) is 0 Å². The van der Waals surface area contributed by atoms with Gasteiger partial charge in [-0.3, -0.25) is 0 Å². The Hall–Kier alpha value is -1.82. The van der Waals surface area contributed by atoms with E-state index in [1.54, 1.807) is 0 Å². The van der Waals surface area contributed by atoms with Crippen LogP contribution in [-0.2, 0) is 4.74 Å². The Balaban J connectivity index is 2.06. The van der Waals surface area contributed by atoms with Crippen molar-refractivity contribution in [3.05, 3.63) is 23.5 Å². The van der Waals surface area contributed by atoms with Crippen LogP contribution < -0.4 is 10.5 Å². The highest BCUT2D eigenvalue weighted by atomic mass is 19.1. The molecular formula is C13H16FNO4. The molecule has 1 fully saturated rings. The molecule has 1 saturated heterocycles. The average molecular weight is 269 g/mol. The number of nitrogens with two attached hydrogens (primary N) is 1. The molecule has 5 nitrogen and oxygen atoms in total. The van der Waals surface area contributed by atoms with Gasteiger partial charge in [0, 0.05) is 18.4 Å². The first-order valence-corrected chi connectivity index (χ1v) is 6.14. The molecule has 1 aromatic carbocycles. The van der Waals surface area contributed by atoms with Crippen LogP contribution in [0.4, 0.5) is 10.1 Å². The van der Waals surface area contributed by atoms with Gasteiger partial charge in [-0.05, 0) is 25.3 Å². The summed E-state index contributed by atoms with van der Waals surface area (Å²) in [7, 11) is 0. The third kappa shape index (κ3) is 3.35. The minimum absolute atomic E-state index is 0.0704. The molecule has 1 heterocycles. The van der Waals surface area contributed by atoms with Gasteiger partial charge in [0.25, 0.3) is 0 Å². The molecule has 1 unspecified atom stereocenters. The summed E-state index contributed by atoms with van der Waals surface area (Å²) in [4.78, 5) is 10.9. The maximum atomic E-state index is 13.6. The molecule has 3 N–H and O–H groups in total. The van der Waals surface area contributed by atoms with E-state index < -0.39 is 11.8 Å². The van der Waals surface area contributed by atoms with Gasteiger partial charge in [-0.2, -0.15) is 0 Å². The van der Waals surface area contributed by atoms with Gasteiger partial charge in [0.15, 0.2) is 11.6 Å². The van der Waals surface area contributed by atoms with Crippen LogP contribution in [0, 0.1) is 5.82 Å². The number of nitrogen functional groups attached to an aromatic ring is 1. The predicted molar refractivity (Wildman–Crippen MR) is 66.9 cm³/mol. The highest BCUT2D eigenvalue weighted by Crippen LogP contribution is 2.25. The molecule has 0 radical (unpaired) electrons. The number of benzene rings is 1. The lowest BCUT2D eigenvalue weighted by atomic mass is 10.1. The molecule has 6 heteroatoms. The molecule has 0 bridgehead atoms. The van der Waals surface area contributed by atoms with E-state index in [4.69, 9.17) is 20.3 Å². The molecule has 0 saturated carbocycles. The topological polar surface area (TPSA) is 81.8 Å². The molecule has 2 rings (SSSR count). The third-order valence-corrected chi connectivity index (χ3v) is 3.03. The highest BCUT2D eigenvalue weighted by molar-refractivity contribution is 5.94. The van der Waals surface area contributed by atoms with Gasteiger partial charge in [0.2, 0.25) is 0 Å². The Bertz CT molecular complexity index is 472. The van der Waals surface area contributed by atoms with E-state index in [0.29, 0.717) is 6.61 Å². The summed E-state index contributed by atoms with van der Waals surface area (Å²) in [5.41, 5.74) is 5.14. The number of hydrogen-bond donors (Lipinski definition) is 2. The van der Waals surface area contributed by atoms with Gasteiger partial charge >= 0.3 is 5.97 Å². The summed E-state index contributed by atoms with van der Waals surface area (Å²) in [5.74, 6) is -1.99. The Morgan fingerprint density at radius 2 is 2.32 bits per heavy atom. The van der Waals surface area contributed by atoms with Crippen LogP contribution in [0.5, 0.6) is 5.75 Å². The second-order valence-electron chi connectivity index (χ2n) is 4.47. The molecule has 1 aliphatic rings. The molecule has 1 aliphatic heterocycles. The minimum Gasteiger partial charge on any atom is -0.488 e. The smallest absolute Gasteiger partial charge is 0.337 e. The first-order chi connectivity index (χ1) is 9.08. The Morgan fingerprint density at radius 3 is 2.95 bits per heavy atom. The molecule has 0 spiro atoms. The van der Waals surface area contributed by atoms with Gasteiger partial charge in [0.05, 0.1) is 11.7 Å². The zero-order valence-electron chi connectivity index (χ0n) is 10.4. The van der Waals surface area contributed by atoms with Crippen molar-refractivity contribution in [2.75, 3.05) is 18.9 Å². The number of anilines is 1. The number of aromatic carboxylic acids is 1. The van der Waals surface area contributed by atoms with Crippen molar-refractivity contribution in [1.82, 2.24) is 0 Å². The van der Waals surface area contributed by atoms with Gasteiger partial charge < -0.3 is 20.3 Å². The number of carboxylic acid groups (broad SMARTS) is 1. The van der Waals surface area contributed by atoms with Crippen LogP contribution in [0.25, 0.3) is 0 Å². The maximum absolute atomic E-state index is 13.6.